The number of halogens is 1. The van der Waals surface area contributed by atoms with Crippen molar-refractivity contribution >= 4 is 11.6 Å². The molecule has 0 unspecified atom stereocenters. The lowest BCUT2D eigenvalue weighted by atomic mass is 10.1. The molecule has 156 valence electrons. The van der Waals surface area contributed by atoms with Gasteiger partial charge in [-0.05, 0) is 48.5 Å². The van der Waals surface area contributed by atoms with Crippen LogP contribution in [0.4, 0.5) is 10.1 Å². The van der Waals surface area contributed by atoms with Crippen molar-refractivity contribution in [1.29, 1.82) is 0 Å². The van der Waals surface area contributed by atoms with Crippen molar-refractivity contribution in [2.45, 2.75) is 0 Å². The SMILES string of the molecule is COc1ccc(-c2noc(-c3ccccc3NC(=O)COc3ccccc3F)n2)cc1. The van der Waals surface area contributed by atoms with E-state index in [2.05, 4.69) is 15.5 Å². The molecule has 0 radical (unpaired) electrons. The van der Waals surface area contributed by atoms with Crippen molar-refractivity contribution in [3.05, 3.63) is 78.6 Å². The van der Waals surface area contributed by atoms with Gasteiger partial charge in [0.2, 0.25) is 5.82 Å². The van der Waals surface area contributed by atoms with Crippen molar-refractivity contribution in [3.63, 3.8) is 0 Å². The maximum absolute atomic E-state index is 13.6. The average Bonchev–Trinajstić information content (AvgIpc) is 3.29. The minimum atomic E-state index is -0.535. The number of amides is 1. The standard InChI is InChI=1S/C23H18FN3O4/c1-29-16-12-10-15(11-13-16)22-26-23(31-27-22)17-6-2-4-8-19(17)25-21(28)14-30-20-9-5-3-7-18(20)24/h2-13H,14H2,1H3,(H,25,28). The molecule has 31 heavy (non-hydrogen) atoms. The Bertz CT molecular complexity index is 1190. The normalized spacial score (nSPS) is 10.5. The highest BCUT2D eigenvalue weighted by atomic mass is 19.1. The minimum Gasteiger partial charge on any atom is -0.497 e. The molecule has 0 fully saturated rings. The molecule has 4 rings (SSSR count). The molecule has 0 atom stereocenters. The number of nitrogens with zero attached hydrogens (tertiary/aromatic N) is 2. The predicted molar refractivity (Wildman–Crippen MR) is 112 cm³/mol. The van der Waals surface area contributed by atoms with Crippen LogP contribution in [-0.4, -0.2) is 29.8 Å². The summed E-state index contributed by atoms with van der Waals surface area (Å²) in [5.41, 5.74) is 1.78. The molecular weight excluding hydrogens is 401 g/mol. The highest BCUT2D eigenvalue weighted by molar-refractivity contribution is 5.95. The van der Waals surface area contributed by atoms with E-state index in [0.29, 0.717) is 17.1 Å². The van der Waals surface area contributed by atoms with Crippen molar-refractivity contribution < 1.29 is 23.2 Å². The summed E-state index contributed by atoms with van der Waals surface area (Å²) in [4.78, 5) is 16.8. The van der Waals surface area contributed by atoms with E-state index in [1.807, 2.05) is 12.1 Å². The Balaban J connectivity index is 1.49. The Kier molecular flexibility index (Phi) is 5.89. The summed E-state index contributed by atoms with van der Waals surface area (Å²) < 4.78 is 29.5. The summed E-state index contributed by atoms with van der Waals surface area (Å²) in [6.45, 7) is -0.351. The van der Waals surface area contributed by atoms with Gasteiger partial charge in [-0.25, -0.2) is 4.39 Å². The molecule has 3 aromatic carbocycles. The first-order valence-electron chi connectivity index (χ1n) is 9.39. The summed E-state index contributed by atoms with van der Waals surface area (Å²) in [6.07, 6.45) is 0. The number of carbonyl (C=O) groups is 1. The molecular formula is C23H18FN3O4. The van der Waals surface area contributed by atoms with E-state index in [-0.39, 0.29) is 18.2 Å². The van der Waals surface area contributed by atoms with Crippen molar-refractivity contribution in [2.24, 2.45) is 0 Å². The average molecular weight is 419 g/mol. The van der Waals surface area contributed by atoms with Gasteiger partial charge in [-0.15, -0.1) is 0 Å². The van der Waals surface area contributed by atoms with Crippen LogP contribution in [0.5, 0.6) is 11.5 Å². The second-order valence-corrected chi connectivity index (χ2v) is 6.46. The number of hydrogen-bond acceptors (Lipinski definition) is 6. The van der Waals surface area contributed by atoms with E-state index in [0.717, 1.165) is 11.3 Å². The van der Waals surface area contributed by atoms with Crippen LogP contribution in [0.1, 0.15) is 0 Å². The summed E-state index contributed by atoms with van der Waals surface area (Å²) in [5, 5.41) is 6.75. The van der Waals surface area contributed by atoms with Crippen LogP contribution >= 0.6 is 0 Å². The third kappa shape index (κ3) is 4.69. The molecule has 0 aliphatic carbocycles. The van der Waals surface area contributed by atoms with Gasteiger partial charge in [0.15, 0.2) is 18.2 Å². The van der Waals surface area contributed by atoms with Crippen molar-refractivity contribution in [2.75, 3.05) is 19.0 Å². The molecule has 1 amide bonds. The molecule has 0 saturated carbocycles. The molecule has 4 aromatic rings. The number of benzene rings is 3. The van der Waals surface area contributed by atoms with Gasteiger partial charge in [-0.3, -0.25) is 4.79 Å². The topological polar surface area (TPSA) is 86.5 Å². The Hall–Kier alpha value is -4.20. The Labute approximate surface area is 177 Å². The lowest BCUT2D eigenvalue weighted by Gasteiger charge is -2.10. The van der Waals surface area contributed by atoms with Crippen LogP contribution in [0.15, 0.2) is 77.3 Å². The number of ether oxygens (including phenoxy) is 2. The molecule has 0 aliphatic rings. The van der Waals surface area contributed by atoms with Crippen LogP contribution < -0.4 is 14.8 Å². The second kappa shape index (κ2) is 9.08. The maximum Gasteiger partial charge on any atom is 0.262 e. The number of aromatic nitrogens is 2. The summed E-state index contributed by atoms with van der Waals surface area (Å²) in [5.74, 6) is 0.390. The zero-order valence-electron chi connectivity index (χ0n) is 16.5. The lowest BCUT2D eigenvalue weighted by molar-refractivity contribution is -0.118. The van der Waals surface area contributed by atoms with E-state index in [9.17, 15) is 9.18 Å². The zero-order chi connectivity index (χ0) is 21.6. The molecule has 0 bridgehead atoms. The van der Waals surface area contributed by atoms with Crippen molar-refractivity contribution in [3.8, 4) is 34.3 Å². The van der Waals surface area contributed by atoms with Crippen LogP contribution in [0.25, 0.3) is 22.8 Å². The number of hydrogen-bond donors (Lipinski definition) is 1. The Morgan fingerprint density at radius 2 is 1.77 bits per heavy atom. The van der Waals surface area contributed by atoms with Crippen LogP contribution in [0.2, 0.25) is 0 Å². The quantitative estimate of drug-likeness (QED) is 0.472. The van der Waals surface area contributed by atoms with Gasteiger partial charge in [-0.2, -0.15) is 4.98 Å². The largest absolute Gasteiger partial charge is 0.497 e. The zero-order valence-corrected chi connectivity index (χ0v) is 16.5. The number of anilines is 1. The van der Waals surface area contributed by atoms with Gasteiger partial charge in [0.25, 0.3) is 11.8 Å². The van der Waals surface area contributed by atoms with Gasteiger partial charge >= 0.3 is 0 Å². The van der Waals surface area contributed by atoms with E-state index in [4.69, 9.17) is 14.0 Å². The fraction of sp³-hybridized carbons (Fsp3) is 0.0870. The first kappa shape index (κ1) is 20.1. The van der Waals surface area contributed by atoms with Gasteiger partial charge in [-0.1, -0.05) is 29.4 Å². The Morgan fingerprint density at radius 1 is 1.03 bits per heavy atom. The van der Waals surface area contributed by atoms with Gasteiger partial charge < -0.3 is 19.3 Å². The van der Waals surface area contributed by atoms with E-state index in [1.54, 1.807) is 55.6 Å². The molecule has 1 heterocycles. The molecule has 0 aliphatic heterocycles. The van der Waals surface area contributed by atoms with Gasteiger partial charge in [0, 0.05) is 5.56 Å². The number of para-hydroxylation sites is 2. The molecule has 0 spiro atoms. The van der Waals surface area contributed by atoms with Crippen LogP contribution in [0, 0.1) is 5.82 Å². The number of rotatable bonds is 7. The molecule has 1 N–H and O–H groups in total. The summed E-state index contributed by atoms with van der Waals surface area (Å²) >= 11 is 0. The summed E-state index contributed by atoms with van der Waals surface area (Å²) in [7, 11) is 1.59. The lowest BCUT2D eigenvalue weighted by Crippen LogP contribution is -2.20. The molecule has 0 saturated heterocycles. The number of nitrogens with one attached hydrogen (secondary N) is 1. The summed E-state index contributed by atoms with van der Waals surface area (Å²) in [6, 6.07) is 20.1. The van der Waals surface area contributed by atoms with E-state index in [1.165, 1.54) is 12.1 Å². The van der Waals surface area contributed by atoms with Crippen LogP contribution in [0.3, 0.4) is 0 Å². The Morgan fingerprint density at radius 3 is 2.55 bits per heavy atom. The van der Waals surface area contributed by atoms with E-state index < -0.39 is 11.7 Å². The highest BCUT2D eigenvalue weighted by Gasteiger charge is 2.16. The highest BCUT2D eigenvalue weighted by Crippen LogP contribution is 2.29. The van der Waals surface area contributed by atoms with E-state index >= 15 is 0 Å². The molecule has 8 heteroatoms. The minimum absolute atomic E-state index is 0.00645. The maximum atomic E-state index is 13.6. The van der Waals surface area contributed by atoms with Gasteiger partial charge in [0.1, 0.15) is 5.75 Å². The number of methoxy groups -OCH3 is 1. The molecule has 1 aromatic heterocycles. The molecule has 7 nitrogen and oxygen atoms in total. The number of carbonyl (C=O) groups excluding carboxylic acids is 1. The van der Waals surface area contributed by atoms with Crippen molar-refractivity contribution in [1.82, 2.24) is 10.1 Å². The van der Waals surface area contributed by atoms with Gasteiger partial charge in [0.05, 0.1) is 18.4 Å². The fourth-order valence-electron chi connectivity index (χ4n) is 2.86. The predicted octanol–water partition coefficient (Wildman–Crippen LogP) is 4.57. The first-order chi connectivity index (χ1) is 15.1. The first-order valence-corrected chi connectivity index (χ1v) is 9.39. The second-order valence-electron chi connectivity index (χ2n) is 6.46. The van der Waals surface area contributed by atoms with Crippen LogP contribution in [-0.2, 0) is 4.79 Å². The third-order valence-electron chi connectivity index (χ3n) is 4.40. The third-order valence-corrected chi connectivity index (χ3v) is 4.40. The monoisotopic (exact) mass is 419 g/mol. The smallest absolute Gasteiger partial charge is 0.262 e. The fourth-order valence-corrected chi connectivity index (χ4v) is 2.86.